The van der Waals surface area contributed by atoms with Gasteiger partial charge in [0.05, 0.1) is 12.7 Å². The van der Waals surface area contributed by atoms with Gasteiger partial charge >= 0.3 is 0 Å². The van der Waals surface area contributed by atoms with Gasteiger partial charge in [-0.05, 0) is 30.9 Å². The molecule has 0 radical (unpaired) electrons. The van der Waals surface area contributed by atoms with Gasteiger partial charge in [0.1, 0.15) is 0 Å². The Bertz CT molecular complexity index is 281. The van der Waals surface area contributed by atoms with E-state index in [4.69, 9.17) is 10.5 Å². The molecule has 1 aromatic carbocycles. The van der Waals surface area contributed by atoms with Gasteiger partial charge in [0.25, 0.3) is 0 Å². The van der Waals surface area contributed by atoms with E-state index in [-0.39, 0.29) is 6.10 Å². The molecular formula is C14H23NO. The van der Waals surface area contributed by atoms with Gasteiger partial charge in [0, 0.05) is 6.54 Å². The third-order valence-corrected chi connectivity index (χ3v) is 2.75. The summed E-state index contributed by atoms with van der Waals surface area (Å²) >= 11 is 0. The highest BCUT2D eigenvalue weighted by molar-refractivity contribution is 5.24. The zero-order chi connectivity index (χ0) is 11.8. The number of ether oxygens (including phenoxy) is 1. The Kier molecular flexibility index (Phi) is 6.12. The van der Waals surface area contributed by atoms with Crippen molar-refractivity contribution in [1.82, 2.24) is 0 Å². The normalized spacial score (nSPS) is 12.7. The first kappa shape index (κ1) is 13.2. The molecule has 0 spiro atoms. The average Bonchev–Trinajstić information content (AvgIpc) is 2.34. The molecule has 0 unspecified atom stereocenters. The number of aryl methyl sites for hydroxylation is 1. The van der Waals surface area contributed by atoms with Gasteiger partial charge in [0.2, 0.25) is 0 Å². The molecule has 90 valence electrons. The van der Waals surface area contributed by atoms with Crippen molar-refractivity contribution in [2.45, 2.75) is 39.2 Å². The lowest BCUT2D eigenvalue weighted by atomic mass is 10.0. The molecule has 0 aliphatic carbocycles. The fourth-order valence-corrected chi connectivity index (χ4v) is 1.68. The minimum Gasteiger partial charge on any atom is -0.373 e. The molecule has 0 bridgehead atoms. The van der Waals surface area contributed by atoms with Crippen LogP contribution in [0, 0.1) is 0 Å². The maximum atomic E-state index is 5.57. The summed E-state index contributed by atoms with van der Waals surface area (Å²) in [6.45, 7) is 5.49. The Hall–Kier alpha value is -0.860. The topological polar surface area (TPSA) is 35.2 Å². The predicted molar refractivity (Wildman–Crippen MR) is 68.5 cm³/mol. The largest absolute Gasteiger partial charge is 0.373 e. The minimum atomic E-state index is 0.142. The van der Waals surface area contributed by atoms with Gasteiger partial charge in [0.15, 0.2) is 0 Å². The van der Waals surface area contributed by atoms with Crippen molar-refractivity contribution < 1.29 is 4.74 Å². The predicted octanol–water partition coefficient (Wildman–Crippen LogP) is 3.07. The van der Waals surface area contributed by atoms with E-state index >= 15 is 0 Å². The Morgan fingerprint density at radius 3 is 2.50 bits per heavy atom. The van der Waals surface area contributed by atoms with E-state index in [1.54, 1.807) is 0 Å². The van der Waals surface area contributed by atoms with E-state index in [0.29, 0.717) is 13.2 Å². The highest BCUT2D eigenvalue weighted by atomic mass is 16.5. The van der Waals surface area contributed by atoms with E-state index < -0.39 is 0 Å². The molecule has 2 heteroatoms. The van der Waals surface area contributed by atoms with Crippen LogP contribution in [0.15, 0.2) is 24.3 Å². The van der Waals surface area contributed by atoms with Crippen LogP contribution in [0.1, 0.15) is 43.9 Å². The first-order valence-corrected chi connectivity index (χ1v) is 6.18. The molecule has 0 aliphatic rings. The van der Waals surface area contributed by atoms with E-state index in [0.717, 1.165) is 0 Å². The lowest BCUT2D eigenvalue weighted by molar-refractivity contribution is 0.0718. The standard InChI is InChI=1S/C14H23NO/c1-3-4-5-13-6-8-14(9-7-13)12(2)16-11-10-15/h6-9,12H,3-5,10-11,15H2,1-2H3/t12-/m0/s1. The molecule has 0 saturated carbocycles. The molecule has 1 rings (SSSR count). The van der Waals surface area contributed by atoms with Gasteiger partial charge in [-0.15, -0.1) is 0 Å². The van der Waals surface area contributed by atoms with E-state index in [1.165, 1.54) is 30.4 Å². The Balaban J connectivity index is 2.49. The van der Waals surface area contributed by atoms with E-state index in [2.05, 4.69) is 38.1 Å². The Labute approximate surface area is 98.8 Å². The molecule has 0 fully saturated rings. The summed E-state index contributed by atoms with van der Waals surface area (Å²) in [4.78, 5) is 0. The van der Waals surface area contributed by atoms with Crippen molar-refractivity contribution in [3.63, 3.8) is 0 Å². The first-order valence-electron chi connectivity index (χ1n) is 6.18. The zero-order valence-electron chi connectivity index (χ0n) is 10.4. The monoisotopic (exact) mass is 221 g/mol. The molecule has 0 aliphatic heterocycles. The summed E-state index contributed by atoms with van der Waals surface area (Å²) in [5, 5.41) is 0. The molecule has 2 nitrogen and oxygen atoms in total. The zero-order valence-corrected chi connectivity index (χ0v) is 10.4. The fraction of sp³-hybridized carbons (Fsp3) is 0.571. The van der Waals surface area contributed by atoms with E-state index in [1.807, 2.05) is 0 Å². The molecule has 1 atom stereocenters. The van der Waals surface area contributed by atoms with Gasteiger partial charge in [-0.25, -0.2) is 0 Å². The third-order valence-electron chi connectivity index (χ3n) is 2.75. The van der Waals surface area contributed by atoms with Crippen LogP contribution in [0.2, 0.25) is 0 Å². The third kappa shape index (κ3) is 4.33. The lowest BCUT2D eigenvalue weighted by Crippen LogP contribution is -2.10. The number of rotatable bonds is 7. The summed E-state index contributed by atoms with van der Waals surface area (Å²) in [6, 6.07) is 8.72. The van der Waals surface area contributed by atoms with Crippen LogP contribution in [0.5, 0.6) is 0 Å². The molecular weight excluding hydrogens is 198 g/mol. The number of hydrogen-bond donors (Lipinski definition) is 1. The van der Waals surface area contributed by atoms with Crippen LogP contribution in [0.4, 0.5) is 0 Å². The molecule has 0 heterocycles. The molecule has 0 amide bonds. The van der Waals surface area contributed by atoms with Crippen molar-refractivity contribution >= 4 is 0 Å². The molecule has 16 heavy (non-hydrogen) atoms. The number of benzene rings is 1. The summed E-state index contributed by atoms with van der Waals surface area (Å²) < 4.78 is 5.57. The highest BCUT2D eigenvalue weighted by Crippen LogP contribution is 2.17. The van der Waals surface area contributed by atoms with Gasteiger partial charge in [-0.3, -0.25) is 0 Å². The van der Waals surface area contributed by atoms with Crippen LogP contribution in [0.25, 0.3) is 0 Å². The minimum absolute atomic E-state index is 0.142. The smallest absolute Gasteiger partial charge is 0.0797 e. The lowest BCUT2D eigenvalue weighted by Gasteiger charge is -2.13. The van der Waals surface area contributed by atoms with Crippen molar-refractivity contribution in [3.8, 4) is 0 Å². The second-order valence-corrected chi connectivity index (χ2v) is 4.15. The second-order valence-electron chi connectivity index (χ2n) is 4.15. The van der Waals surface area contributed by atoms with Crippen molar-refractivity contribution in [2.24, 2.45) is 5.73 Å². The first-order chi connectivity index (χ1) is 7.77. The van der Waals surface area contributed by atoms with E-state index in [9.17, 15) is 0 Å². The molecule has 1 aromatic rings. The van der Waals surface area contributed by atoms with Crippen LogP contribution in [-0.4, -0.2) is 13.2 Å². The van der Waals surface area contributed by atoms with Gasteiger partial charge in [-0.1, -0.05) is 37.6 Å². The number of nitrogens with two attached hydrogens (primary N) is 1. The fourth-order valence-electron chi connectivity index (χ4n) is 1.68. The average molecular weight is 221 g/mol. The maximum Gasteiger partial charge on any atom is 0.0797 e. The highest BCUT2D eigenvalue weighted by Gasteiger charge is 2.04. The van der Waals surface area contributed by atoms with Gasteiger partial charge < -0.3 is 10.5 Å². The SMILES string of the molecule is CCCCc1ccc([C@H](C)OCCN)cc1. The molecule has 0 aromatic heterocycles. The summed E-state index contributed by atoms with van der Waals surface area (Å²) in [5.41, 5.74) is 8.05. The number of hydrogen-bond acceptors (Lipinski definition) is 2. The molecule has 0 saturated heterocycles. The van der Waals surface area contributed by atoms with Crippen molar-refractivity contribution in [1.29, 1.82) is 0 Å². The maximum absolute atomic E-state index is 5.57. The van der Waals surface area contributed by atoms with Crippen LogP contribution in [0.3, 0.4) is 0 Å². The van der Waals surface area contributed by atoms with Crippen LogP contribution >= 0.6 is 0 Å². The molecule has 2 N–H and O–H groups in total. The summed E-state index contributed by atoms with van der Waals surface area (Å²) in [6.07, 6.45) is 3.83. The summed E-state index contributed by atoms with van der Waals surface area (Å²) in [7, 11) is 0. The second kappa shape index (κ2) is 7.42. The number of unbranched alkanes of at least 4 members (excludes halogenated alkanes) is 1. The summed E-state index contributed by atoms with van der Waals surface area (Å²) in [5.74, 6) is 0. The Morgan fingerprint density at radius 1 is 1.25 bits per heavy atom. The van der Waals surface area contributed by atoms with Crippen molar-refractivity contribution in [3.05, 3.63) is 35.4 Å². The Morgan fingerprint density at radius 2 is 1.94 bits per heavy atom. The quantitative estimate of drug-likeness (QED) is 0.768. The van der Waals surface area contributed by atoms with Crippen LogP contribution < -0.4 is 5.73 Å². The van der Waals surface area contributed by atoms with Crippen LogP contribution in [-0.2, 0) is 11.2 Å². The van der Waals surface area contributed by atoms with Crippen molar-refractivity contribution in [2.75, 3.05) is 13.2 Å². The van der Waals surface area contributed by atoms with Gasteiger partial charge in [-0.2, -0.15) is 0 Å².